The van der Waals surface area contributed by atoms with Crippen molar-refractivity contribution in [3.63, 3.8) is 0 Å². The number of aliphatic hydroxyl groups is 1. The van der Waals surface area contributed by atoms with Crippen LogP contribution in [0.15, 0.2) is 89.5 Å². The van der Waals surface area contributed by atoms with Crippen molar-refractivity contribution in [2.75, 3.05) is 20.0 Å². The summed E-state index contributed by atoms with van der Waals surface area (Å²) in [6.45, 7) is 4.69. The first kappa shape index (κ1) is 27.6. The van der Waals surface area contributed by atoms with Crippen LogP contribution in [0.2, 0.25) is 0 Å². The summed E-state index contributed by atoms with van der Waals surface area (Å²) in [5.74, 6) is 1.78. The van der Waals surface area contributed by atoms with Crippen molar-refractivity contribution in [2.24, 2.45) is 10.1 Å². The van der Waals surface area contributed by atoms with E-state index < -0.39 is 11.6 Å². The van der Waals surface area contributed by atoms with Gasteiger partial charge in [0.15, 0.2) is 23.1 Å². The van der Waals surface area contributed by atoms with Crippen molar-refractivity contribution in [2.45, 2.75) is 31.0 Å². The Bertz CT molecular complexity index is 1500. The molecule has 2 N–H and O–H groups in total. The molecule has 3 aromatic carbocycles. The molecule has 0 saturated heterocycles. The monoisotopic (exact) mass is 555 g/mol. The van der Waals surface area contributed by atoms with Crippen LogP contribution in [0.1, 0.15) is 35.6 Å². The standard InChI is InChI=1S/C30H29N5O6/c1-2-14-30(29(37)32-18-20-8-13-25-26(17-20)40-19-39-25)27(23-6-3-4-7-24(23)34-35-31)41-28(33-30)21-9-11-22(12-10-21)38-16-5-15-36/h2-4,6-13,17,27,36H,1,5,14-16,18-19H2,(H,32,37)/t27-,30-/m1/s1. The third kappa shape index (κ3) is 5.81. The Labute approximate surface area is 236 Å². The molecule has 0 saturated carbocycles. The van der Waals surface area contributed by atoms with E-state index in [1.807, 2.05) is 12.1 Å². The summed E-state index contributed by atoms with van der Waals surface area (Å²) < 4.78 is 22.9. The molecule has 0 spiro atoms. The van der Waals surface area contributed by atoms with Gasteiger partial charge in [-0.2, -0.15) is 0 Å². The SMILES string of the molecule is C=CC[C@@]1(C(=O)NCc2ccc3c(c2)OCO3)N=C(c2ccc(OCCCO)cc2)O[C@@H]1c1ccccc1N=[N+]=[N-]. The van der Waals surface area contributed by atoms with E-state index in [0.717, 1.165) is 5.56 Å². The van der Waals surface area contributed by atoms with E-state index in [0.29, 0.717) is 47.1 Å². The van der Waals surface area contributed by atoms with Gasteiger partial charge in [0.05, 0.1) is 6.61 Å². The lowest BCUT2D eigenvalue weighted by atomic mass is 9.83. The molecule has 0 aromatic heterocycles. The second-order valence-electron chi connectivity index (χ2n) is 9.40. The van der Waals surface area contributed by atoms with Gasteiger partial charge in [-0.15, -0.1) is 6.58 Å². The molecule has 2 aliphatic rings. The average Bonchev–Trinajstić information content (AvgIpc) is 3.62. The highest BCUT2D eigenvalue weighted by molar-refractivity contribution is 6.01. The zero-order valence-electron chi connectivity index (χ0n) is 22.2. The van der Waals surface area contributed by atoms with Gasteiger partial charge >= 0.3 is 0 Å². The smallest absolute Gasteiger partial charge is 0.252 e. The van der Waals surface area contributed by atoms with E-state index in [1.165, 1.54) is 0 Å². The minimum atomic E-state index is -1.44. The van der Waals surface area contributed by atoms with Crippen LogP contribution in [-0.4, -0.2) is 42.5 Å². The molecule has 3 aromatic rings. The molecule has 2 atom stereocenters. The average molecular weight is 556 g/mol. The molecule has 0 aliphatic carbocycles. The first-order valence-corrected chi connectivity index (χ1v) is 13.1. The zero-order valence-corrected chi connectivity index (χ0v) is 22.2. The van der Waals surface area contributed by atoms with Crippen LogP contribution in [0, 0.1) is 0 Å². The van der Waals surface area contributed by atoms with Crippen LogP contribution in [0.25, 0.3) is 10.4 Å². The number of azide groups is 1. The van der Waals surface area contributed by atoms with Crippen molar-refractivity contribution in [1.29, 1.82) is 0 Å². The molecule has 0 fully saturated rings. The van der Waals surface area contributed by atoms with Gasteiger partial charge in [-0.3, -0.25) is 4.79 Å². The third-order valence-corrected chi connectivity index (χ3v) is 6.75. The van der Waals surface area contributed by atoms with Crippen molar-refractivity contribution in [3.8, 4) is 17.2 Å². The van der Waals surface area contributed by atoms with E-state index in [4.69, 9.17) is 29.0 Å². The van der Waals surface area contributed by atoms with Crippen LogP contribution in [0.4, 0.5) is 5.69 Å². The molecule has 0 radical (unpaired) electrons. The van der Waals surface area contributed by atoms with Gasteiger partial charge in [-0.25, -0.2) is 4.99 Å². The van der Waals surface area contributed by atoms with Gasteiger partial charge < -0.3 is 29.4 Å². The number of rotatable bonds is 12. The molecule has 41 heavy (non-hydrogen) atoms. The number of amides is 1. The number of hydrogen-bond acceptors (Lipinski definition) is 8. The van der Waals surface area contributed by atoms with Gasteiger partial charge in [0, 0.05) is 47.7 Å². The van der Waals surface area contributed by atoms with Crippen molar-refractivity contribution < 1.29 is 28.8 Å². The van der Waals surface area contributed by atoms with Gasteiger partial charge in [-0.1, -0.05) is 41.5 Å². The maximum absolute atomic E-state index is 14.0. The Morgan fingerprint density at radius 3 is 2.78 bits per heavy atom. The molecular weight excluding hydrogens is 526 g/mol. The number of carbonyl (C=O) groups excluding carboxylic acids is 1. The Morgan fingerprint density at radius 1 is 1.20 bits per heavy atom. The van der Waals surface area contributed by atoms with Gasteiger partial charge in [0.2, 0.25) is 12.7 Å². The molecule has 0 unspecified atom stereocenters. The third-order valence-electron chi connectivity index (χ3n) is 6.75. The first-order valence-electron chi connectivity index (χ1n) is 13.1. The Kier molecular flexibility index (Phi) is 8.38. The Hall–Kier alpha value is -4.99. The molecule has 5 rings (SSSR count). The number of ether oxygens (including phenoxy) is 4. The van der Waals surface area contributed by atoms with Crippen molar-refractivity contribution in [3.05, 3.63) is 107 Å². The van der Waals surface area contributed by atoms with Crippen LogP contribution in [0.5, 0.6) is 17.2 Å². The number of nitrogens with zero attached hydrogens (tertiary/aromatic N) is 4. The second kappa shape index (κ2) is 12.5. The summed E-state index contributed by atoms with van der Waals surface area (Å²) in [7, 11) is 0. The highest BCUT2D eigenvalue weighted by Crippen LogP contribution is 2.45. The summed E-state index contributed by atoms with van der Waals surface area (Å²) >= 11 is 0. The maximum Gasteiger partial charge on any atom is 0.252 e. The largest absolute Gasteiger partial charge is 0.494 e. The van der Waals surface area contributed by atoms with E-state index in [-0.39, 0.29) is 38.2 Å². The molecule has 210 valence electrons. The highest BCUT2D eigenvalue weighted by Gasteiger charge is 2.53. The van der Waals surface area contributed by atoms with Crippen molar-refractivity contribution in [1.82, 2.24) is 5.32 Å². The number of benzene rings is 3. The van der Waals surface area contributed by atoms with Gasteiger partial charge in [0.1, 0.15) is 5.75 Å². The number of aliphatic hydroxyl groups excluding tert-OH is 1. The van der Waals surface area contributed by atoms with E-state index in [1.54, 1.807) is 60.7 Å². The Morgan fingerprint density at radius 2 is 2.00 bits per heavy atom. The number of aliphatic imine (C=N–C) groups is 1. The fraction of sp³-hybridized carbons (Fsp3) is 0.267. The zero-order chi connectivity index (χ0) is 28.7. The molecule has 2 heterocycles. The summed E-state index contributed by atoms with van der Waals surface area (Å²) in [5.41, 5.74) is 10.1. The highest BCUT2D eigenvalue weighted by atomic mass is 16.7. The molecule has 1 amide bonds. The minimum Gasteiger partial charge on any atom is -0.494 e. The molecule has 11 nitrogen and oxygen atoms in total. The fourth-order valence-corrected chi connectivity index (χ4v) is 4.75. The number of hydrogen-bond donors (Lipinski definition) is 2. The summed E-state index contributed by atoms with van der Waals surface area (Å²) in [5, 5.41) is 15.8. The normalized spacial score (nSPS) is 18.6. The van der Waals surface area contributed by atoms with E-state index >= 15 is 0 Å². The molecular formula is C30H29N5O6. The summed E-state index contributed by atoms with van der Waals surface area (Å²) in [6, 6.07) is 19.6. The van der Waals surface area contributed by atoms with E-state index in [2.05, 4.69) is 21.9 Å². The van der Waals surface area contributed by atoms with Gasteiger partial charge in [0.25, 0.3) is 5.91 Å². The lowest BCUT2D eigenvalue weighted by Crippen LogP contribution is -2.47. The van der Waals surface area contributed by atoms with Crippen molar-refractivity contribution >= 4 is 17.5 Å². The van der Waals surface area contributed by atoms with Crippen LogP contribution in [0.3, 0.4) is 0 Å². The lowest BCUT2D eigenvalue weighted by Gasteiger charge is -2.30. The first-order chi connectivity index (χ1) is 20.1. The van der Waals surface area contributed by atoms with Crippen LogP contribution < -0.4 is 19.5 Å². The lowest BCUT2D eigenvalue weighted by molar-refractivity contribution is -0.129. The molecule has 11 heteroatoms. The minimum absolute atomic E-state index is 0.0452. The summed E-state index contributed by atoms with van der Waals surface area (Å²) in [4.78, 5) is 21.9. The molecule has 0 bridgehead atoms. The summed E-state index contributed by atoms with van der Waals surface area (Å²) in [6.07, 6.45) is 1.39. The number of nitrogens with one attached hydrogen (secondary N) is 1. The van der Waals surface area contributed by atoms with E-state index in [9.17, 15) is 10.3 Å². The fourth-order valence-electron chi connectivity index (χ4n) is 4.75. The quantitative estimate of drug-likeness (QED) is 0.102. The predicted octanol–water partition coefficient (Wildman–Crippen LogP) is 5.27. The molecule has 2 aliphatic heterocycles. The number of fused-ring (bicyclic) bond motifs is 1. The topological polar surface area (TPSA) is 147 Å². The van der Waals surface area contributed by atoms with Crippen LogP contribution >= 0.6 is 0 Å². The van der Waals surface area contributed by atoms with Gasteiger partial charge in [-0.05, 0) is 47.5 Å². The second-order valence-corrected chi connectivity index (χ2v) is 9.40. The number of carbonyl (C=O) groups is 1. The van der Waals surface area contributed by atoms with Crippen LogP contribution in [-0.2, 0) is 16.1 Å². The predicted molar refractivity (Wildman–Crippen MR) is 151 cm³/mol. The Balaban J connectivity index is 1.49. The maximum atomic E-state index is 14.0.